The Kier molecular flexibility index (Phi) is 4.96. The van der Waals surface area contributed by atoms with Crippen LogP contribution in [0.3, 0.4) is 0 Å². The van der Waals surface area contributed by atoms with Gasteiger partial charge in [-0.15, -0.1) is 11.3 Å². The van der Waals surface area contributed by atoms with Crippen LogP contribution in [0.4, 0.5) is 5.69 Å². The van der Waals surface area contributed by atoms with E-state index in [1.165, 1.54) is 28.7 Å². The second kappa shape index (κ2) is 7.01. The van der Waals surface area contributed by atoms with Crippen LogP contribution in [0.5, 0.6) is 0 Å². The van der Waals surface area contributed by atoms with E-state index in [9.17, 15) is 9.59 Å². The van der Waals surface area contributed by atoms with E-state index in [1.807, 2.05) is 45.9 Å². The van der Waals surface area contributed by atoms with Gasteiger partial charge < -0.3 is 10.3 Å². The third-order valence-corrected chi connectivity index (χ3v) is 6.12. The maximum absolute atomic E-state index is 12.2. The molecular weight excluding hydrogens is 354 g/mol. The Balaban J connectivity index is 1.70. The third-order valence-electron chi connectivity index (χ3n) is 4.15. The van der Waals surface area contributed by atoms with E-state index in [0.29, 0.717) is 10.5 Å². The first kappa shape index (κ1) is 17.7. The number of thiophene rings is 1. The van der Waals surface area contributed by atoms with Crippen LogP contribution >= 0.6 is 23.1 Å². The van der Waals surface area contributed by atoms with E-state index in [1.54, 1.807) is 0 Å². The van der Waals surface area contributed by atoms with E-state index in [4.69, 9.17) is 0 Å². The number of anilines is 1. The molecule has 0 saturated heterocycles. The fourth-order valence-electron chi connectivity index (χ4n) is 2.45. The Labute approximate surface area is 153 Å². The topological polar surface area (TPSA) is 74.8 Å². The minimum Gasteiger partial charge on any atom is -0.325 e. The molecule has 25 heavy (non-hydrogen) atoms. The number of nitrogens with zero attached hydrogens (tertiary/aromatic N) is 1. The first-order valence-electron chi connectivity index (χ1n) is 7.85. The fraction of sp³-hybridized carbons (Fsp3) is 0.278. The summed E-state index contributed by atoms with van der Waals surface area (Å²) >= 11 is 2.73. The van der Waals surface area contributed by atoms with Crippen LogP contribution in [0.25, 0.3) is 10.2 Å². The number of amides is 1. The molecule has 5 nitrogen and oxygen atoms in total. The molecule has 0 atom stereocenters. The van der Waals surface area contributed by atoms with E-state index < -0.39 is 0 Å². The summed E-state index contributed by atoms with van der Waals surface area (Å²) in [5.41, 5.74) is 3.91. The number of nitrogens with one attached hydrogen (secondary N) is 2. The Morgan fingerprint density at radius 2 is 2.00 bits per heavy atom. The highest BCUT2D eigenvalue weighted by molar-refractivity contribution is 7.99. The van der Waals surface area contributed by atoms with Crippen molar-refractivity contribution in [1.82, 2.24) is 9.97 Å². The highest BCUT2D eigenvalue weighted by atomic mass is 32.2. The van der Waals surface area contributed by atoms with Crippen LogP contribution in [-0.2, 0) is 4.79 Å². The average Bonchev–Trinajstić information content (AvgIpc) is 2.84. The molecule has 0 saturated carbocycles. The zero-order chi connectivity index (χ0) is 18.1. The van der Waals surface area contributed by atoms with Gasteiger partial charge in [0.15, 0.2) is 5.16 Å². The molecule has 3 rings (SSSR count). The highest BCUT2D eigenvalue weighted by Gasteiger charge is 2.13. The molecule has 0 aliphatic heterocycles. The number of hydrogen-bond acceptors (Lipinski definition) is 5. The lowest BCUT2D eigenvalue weighted by Crippen LogP contribution is -2.15. The number of aromatic amines is 1. The van der Waals surface area contributed by atoms with E-state index >= 15 is 0 Å². The second-order valence-corrected chi connectivity index (χ2v) is 8.14. The molecule has 0 aliphatic rings. The van der Waals surface area contributed by atoms with Gasteiger partial charge in [-0.3, -0.25) is 9.59 Å². The number of carbonyl (C=O) groups is 1. The van der Waals surface area contributed by atoms with Crippen LogP contribution in [0.15, 0.2) is 28.2 Å². The van der Waals surface area contributed by atoms with Crippen LogP contribution < -0.4 is 10.9 Å². The van der Waals surface area contributed by atoms with Crippen molar-refractivity contribution in [2.75, 3.05) is 11.1 Å². The van der Waals surface area contributed by atoms with Gasteiger partial charge in [0.2, 0.25) is 5.91 Å². The van der Waals surface area contributed by atoms with Gasteiger partial charge in [0.25, 0.3) is 5.56 Å². The van der Waals surface area contributed by atoms with Gasteiger partial charge in [-0.2, -0.15) is 0 Å². The molecule has 0 unspecified atom stereocenters. The monoisotopic (exact) mass is 373 g/mol. The van der Waals surface area contributed by atoms with Crippen LogP contribution in [0.2, 0.25) is 0 Å². The molecule has 0 spiro atoms. The zero-order valence-corrected chi connectivity index (χ0v) is 16.2. The first-order valence-corrected chi connectivity index (χ1v) is 9.65. The molecule has 7 heteroatoms. The summed E-state index contributed by atoms with van der Waals surface area (Å²) in [5.74, 6) is 0.0552. The van der Waals surface area contributed by atoms with Crippen LogP contribution in [0, 0.1) is 27.7 Å². The van der Waals surface area contributed by atoms with E-state index in [2.05, 4.69) is 15.3 Å². The normalized spacial score (nSPS) is 11.0. The van der Waals surface area contributed by atoms with Crippen LogP contribution in [0.1, 0.15) is 21.6 Å². The maximum atomic E-state index is 12.2. The summed E-state index contributed by atoms with van der Waals surface area (Å²) in [6, 6.07) is 5.81. The molecule has 0 bridgehead atoms. The van der Waals surface area contributed by atoms with Crippen molar-refractivity contribution in [3.63, 3.8) is 0 Å². The Morgan fingerprint density at radius 3 is 2.72 bits per heavy atom. The summed E-state index contributed by atoms with van der Waals surface area (Å²) in [5, 5.41) is 3.98. The predicted molar refractivity (Wildman–Crippen MR) is 105 cm³/mol. The van der Waals surface area contributed by atoms with Crippen molar-refractivity contribution in [1.29, 1.82) is 0 Å². The highest BCUT2D eigenvalue weighted by Crippen LogP contribution is 2.27. The zero-order valence-electron chi connectivity index (χ0n) is 14.5. The van der Waals surface area contributed by atoms with Gasteiger partial charge >= 0.3 is 0 Å². The standard InChI is InChI=1S/C18H19N3O2S2/c1-9-5-6-13(7-10(9)2)19-14(22)8-24-18-20-16(23)15-11(3)12(4)25-17(15)21-18/h5-7H,8H2,1-4H3,(H,19,22)(H,20,21,23). The molecule has 0 aliphatic carbocycles. The number of rotatable bonds is 4. The predicted octanol–water partition coefficient (Wildman–Crippen LogP) is 3.95. The van der Waals surface area contributed by atoms with Crippen molar-refractivity contribution >= 4 is 44.9 Å². The van der Waals surface area contributed by atoms with Crippen molar-refractivity contribution in [3.05, 3.63) is 50.1 Å². The minimum absolute atomic E-state index is 0.130. The molecular formula is C18H19N3O2S2. The number of carbonyl (C=O) groups excluding carboxylic acids is 1. The third kappa shape index (κ3) is 3.77. The van der Waals surface area contributed by atoms with Gasteiger partial charge in [0.05, 0.1) is 11.1 Å². The molecule has 1 aromatic carbocycles. The smallest absolute Gasteiger partial charge is 0.260 e. The number of fused-ring (bicyclic) bond motifs is 1. The molecule has 2 aromatic heterocycles. The fourth-order valence-corrected chi connectivity index (χ4v) is 4.20. The Bertz CT molecular complexity index is 1020. The van der Waals surface area contributed by atoms with E-state index in [0.717, 1.165) is 26.5 Å². The van der Waals surface area contributed by atoms with Gasteiger partial charge in [-0.25, -0.2) is 4.98 Å². The molecule has 130 valence electrons. The van der Waals surface area contributed by atoms with Crippen molar-refractivity contribution in [2.24, 2.45) is 0 Å². The SMILES string of the molecule is Cc1ccc(NC(=O)CSc2nc3sc(C)c(C)c3c(=O)[nH]2)cc1C. The Morgan fingerprint density at radius 1 is 1.24 bits per heavy atom. The number of aryl methyl sites for hydroxylation is 4. The number of H-pyrrole nitrogens is 1. The first-order chi connectivity index (χ1) is 11.8. The number of benzene rings is 1. The molecule has 2 N–H and O–H groups in total. The van der Waals surface area contributed by atoms with Crippen molar-refractivity contribution in [2.45, 2.75) is 32.9 Å². The number of thioether (sulfide) groups is 1. The second-order valence-electron chi connectivity index (χ2n) is 5.97. The number of aromatic nitrogens is 2. The molecule has 0 fully saturated rings. The molecule has 1 amide bonds. The summed E-state index contributed by atoms with van der Waals surface area (Å²) < 4.78 is 0. The van der Waals surface area contributed by atoms with Crippen LogP contribution in [-0.4, -0.2) is 21.6 Å². The van der Waals surface area contributed by atoms with Gasteiger partial charge in [0, 0.05) is 10.6 Å². The number of hydrogen-bond donors (Lipinski definition) is 2. The minimum atomic E-state index is -0.149. The molecule has 2 heterocycles. The lowest BCUT2D eigenvalue weighted by Gasteiger charge is -2.07. The summed E-state index contributed by atoms with van der Waals surface area (Å²) in [6.45, 7) is 7.94. The summed E-state index contributed by atoms with van der Waals surface area (Å²) in [6.07, 6.45) is 0. The quantitative estimate of drug-likeness (QED) is 0.536. The molecule has 0 radical (unpaired) electrons. The van der Waals surface area contributed by atoms with Gasteiger partial charge in [-0.05, 0) is 56.5 Å². The largest absolute Gasteiger partial charge is 0.325 e. The van der Waals surface area contributed by atoms with Crippen molar-refractivity contribution in [3.8, 4) is 0 Å². The lowest BCUT2D eigenvalue weighted by atomic mass is 10.1. The summed E-state index contributed by atoms with van der Waals surface area (Å²) in [7, 11) is 0. The summed E-state index contributed by atoms with van der Waals surface area (Å²) in [4.78, 5) is 33.4. The van der Waals surface area contributed by atoms with Gasteiger partial charge in [0.1, 0.15) is 4.83 Å². The molecule has 3 aromatic rings. The lowest BCUT2D eigenvalue weighted by molar-refractivity contribution is -0.113. The average molecular weight is 374 g/mol. The maximum Gasteiger partial charge on any atom is 0.260 e. The van der Waals surface area contributed by atoms with Crippen molar-refractivity contribution < 1.29 is 4.79 Å². The van der Waals surface area contributed by atoms with E-state index in [-0.39, 0.29) is 17.2 Å². The van der Waals surface area contributed by atoms with Gasteiger partial charge in [-0.1, -0.05) is 17.8 Å². The Hall–Kier alpha value is -2.12.